The number of nitrogens with one attached hydrogen (secondary N) is 1. The van der Waals surface area contributed by atoms with E-state index in [0.29, 0.717) is 5.54 Å². The van der Waals surface area contributed by atoms with Gasteiger partial charge in [0, 0.05) is 34.1 Å². The summed E-state index contributed by atoms with van der Waals surface area (Å²) in [6.07, 6.45) is 5.40. The minimum atomic E-state index is 0.368. The maximum Gasteiger partial charge on any atom is 0.0656 e. The van der Waals surface area contributed by atoms with Gasteiger partial charge in [-0.1, -0.05) is 18.9 Å². The maximum atomic E-state index is 3.76. The highest BCUT2D eigenvalue weighted by Gasteiger charge is 2.38. The van der Waals surface area contributed by atoms with Crippen molar-refractivity contribution in [1.82, 2.24) is 5.32 Å². The predicted octanol–water partition coefficient (Wildman–Crippen LogP) is 3.93. The average molecular weight is 374 g/mol. The van der Waals surface area contributed by atoms with Gasteiger partial charge in [0.05, 0.1) is 5.69 Å². The summed E-state index contributed by atoms with van der Waals surface area (Å²) in [6.45, 7) is 3.31. The summed E-state index contributed by atoms with van der Waals surface area (Å²) in [5.74, 6) is 0. The van der Waals surface area contributed by atoms with Gasteiger partial charge in [-0.2, -0.15) is 0 Å². The summed E-state index contributed by atoms with van der Waals surface area (Å²) in [7, 11) is 0. The first-order valence-electron chi connectivity index (χ1n) is 6.64. The minimum absolute atomic E-state index is 0.368. The number of hydrogen-bond donors (Lipinski definition) is 1. The largest absolute Gasteiger partial charge is 0.367 e. The molecular weight excluding hydrogens is 356 g/mol. The number of rotatable bonds is 1. The van der Waals surface area contributed by atoms with E-state index < -0.39 is 0 Å². The van der Waals surface area contributed by atoms with E-state index in [0.717, 1.165) is 19.6 Å². The van der Waals surface area contributed by atoms with Crippen molar-refractivity contribution >= 4 is 37.5 Å². The van der Waals surface area contributed by atoms with Crippen LogP contribution in [0.4, 0.5) is 5.69 Å². The second-order valence-electron chi connectivity index (χ2n) is 5.41. The van der Waals surface area contributed by atoms with Crippen LogP contribution < -0.4 is 10.2 Å². The van der Waals surface area contributed by atoms with E-state index in [2.05, 4.69) is 60.3 Å². The summed E-state index contributed by atoms with van der Waals surface area (Å²) >= 11 is 7.38. The molecule has 0 amide bonds. The molecule has 1 aliphatic carbocycles. The Morgan fingerprint density at radius 3 is 2.44 bits per heavy atom. The lowest BCUT2D eigenvalue weighted by atomic mass is 9.94. The Kier molecular flexibility index (Phi) is 3.70. The summed E-state index contributed by atoms with van der Waals surface area (Å²) in [6, 6.07) is 6.33. The van der Waals surface area contributed by atoms with Gasteiger partial charge in [-0.15, -0.1) is 0 Å². The van der Waals surface area contributed by atoms with Gasteiger partial charge in [-0.3, -0.25) is 0 Å². The van der Waals surface area contributed by atoms with Gasteiger partial charge in [-0.05, 0) is 56.8 Å². The van der Waals surface area contributed by atoms with Crippen molar-refractivity contribution in [3.8, 4) is 0 Å². The highest BCUT2D eigenvalue weighted by atomic mass is 79.9. The van der Waals surface area contributed by atoms with Crippen molar-refractivity contribution in [1.29, 1.82) is 0 Å². The van der Waals surface area contributed by atoms with Crippen LogP contribution in [0, 0.1) is 0 Å². The molecule has 1 saturated carbocycles. The first kappa shape index (κ1) is 12.9. The van der Waals surface area contributed by atoms with E-state index >= 15 is 0 Å². The molecule has 18 heavy (non-hydrogen) atoms. The molecule has 1 heterocycles. The zero-order valence-electron chi connectivity index (χ0n) is 10.4. The van der Waals surface area contributed by atoms with Crippen molar-refractivity contribution in [2.45, 2.75) is 31.2 Å². The van der Waals surface area contributed by atoms with Crippen LogP contribution in [-0.4, -0.2) is 25.2 Å². The summed E-state index contributed by atoms with van der Waals surface area (Å²) in [5.41, 5.74) is 1.68. The van der Waals surface area contributed by atoms with Gasteiger partial charge in [-0.25, -0.2) is 0 Å². The van der Waals surface area contributed by atoms with Crippen LogP contribution >= 0.6 is 31.9 Å². The molecular formula is C14H18Br2N2. The SMILES string of the molecule is Brc1cccc(Br)c1N1CCNC2(CCCC2)C1. The Balaban J connectivity index is 1.88. The monoisotopic (exact) mass is 372 g/mol. The van der Waals surface area contributed by atoms with Gasteiger partial charge < -0.3 is 10.2 Å². The van der Waals surface area contributed by atoms with Gasteiger partial charge >= 0.3 is 0 Å². The maximum absolute atomic E-state index is 3.76. The zero-order valence-corrected chi connectivity index (χ0v) is 13.6. The third kappa shape index (κ3) is 2.35. The highest BCUT2D eigenvalue weighted by Crippen LogP contribution is 2.38. The molecule has 1 aromatic carbocycles. The van der Waals surface area contributed by atoms with Gasteiger partial charge in [0.25, 0.3) is 0 Å². The molecule has 2 fully saturated rings. The van der Waals surface area contributed by atoms with E-state index in [9.17, 15) is 0 Å². The molecule has 1 saturated heterocycles. The Bertz CT molecular complexity index is 421. The standard InChI is InChI=1S/C14H18Br2N2/c15-11-4-3-5-12(16)13(11)18-9-8-17-14(10-18)6-1-2-7-14/h3-5,17H,1-2,6-10H2. The van der Waals surface area contributed by atoms with Crippen LogP contribution in [-0.2, 0) is 0 Å². The molecule has 0 unspecified atom stereocenters. The molecule has 0 radical (unpaired) electrons. The molecule has 1 N–H and O–H groups in total. The normalized spacial score (nSPS) is 22.7. The van der Waals surface area contributed by atoms with Crippen molar-refractivity contribution in [3.05, 3.63) is 27.1 Å². The number of nitrogens with zero attached hydrogens (tertiary/aromatic N) is 1. The molecule has 4 heteroatoms. The molecule has 1 aromatic rings. The molecule has 98 valence electrons. The number of hydrogen-bond acceptors (Lipinski definition) is 2. The molecule has 0 atom stereocenters. The fourth-order valence-corrected chi connectivity index (χ4v) is 4.82. The summed E-state index contributed by atoms with van der Waals surface area (Å²) in [4.78, 5) is 2.52. The Hall–Kier alpha value is -0.0600. The van der Waals surface area contributed by atoms with E-state index in [1.165, 1.54) is 40.3 Å². The Morgan fingerprint density at radius 2 is 1.78 bits per heavy atom. The van der Waals surface area contributed by atoms with Crippen LogP contribution in [0.5, 0.6) is 0 Å². The summed E-state index contributed by atoms with van der Waals surface area (Å²) in [5, 5.41) is 3.76. The van der Waals surface area contributed by atoms with E-state index in [-0.39, 0.29) is 0 Å². The Morgan fingerprint density at radius 1 is 1.11 bits per heavy atom. The van der Waals surface area contributed by atoms with Crippen LogP contribution in [0.3, 0.4) is 0 Å². The third-order valence-electron chi connectivity index (χ3n) is 4.19. The molecule has 2 aliphatic rings. The number of piperazine rings is 1. The van der Waals surface area contributed by atoms with Crippen molar-refractivity contribution in [2.75, 3.05) is 24.5 Å². The van der Waals surface area contributed by atoms with Crippen LogP contribution in [0.15, 0.2) is 27.1 Å². The highest BCUT2D eigenvalue weighted by molar-refractivity contribution is 9.11. The fraction of sp³-hybridized carbons (Fsp3) is 0.571. The van der Waals surface area contributed by atoms with Gasteiger partial charge in [0.2, 0.25) is 0 Å². The minimum Gasteiger partial charge on any atom is -0.367 e. The van der Waals surface area contributed by atoms with Gasteiger partial charge in [0.15, 0.2) is 0 Å². The zero-order chi connectivity index (χ0) is 12.6. The number of para-hydroxylation sites is 1. The molecule has 0 aromatic heterocycles. The van der Waals surface area contributed by atoms with Crippen molar-refractivity contribution < 1.29 is 0 Å². The smallest absolute Gasteiger partial charge is 0.0656 e. The van der Waals surface area contributed by atoms with E-state index in [1.807, 2.05) is 0 Å². The molecule has 1 aliphatic heterocycles. The lowest BCUT2D eigenvalue weighted by molar-refractivity contribution is 0.303. The number of halogens is 2. The van der Waals surface area contributed by atoms with E-state index in [4.69, 9.17) is 0 Å². The quantitative estimate of drug-likeness (QED) is 0.802. The van der Waals surface area contributed by atoms with Crippen molar-refractivity contribution in [2.24, 2.45) is 0 Å². The number of benzene rings is 1. The predicted molar refractivity (Wildman–Crippen MR) is 83.3 cm³/mol. The lowest BCUT2D eigenvalue weighted by Gasteiger charge is -2.43. The molecule has 2 nitrogen and oxygen atoms in total. The number of anilines is 1. The third-order valence-corrected chi connectivity index (χ3v) is 5.47. The fourth-order valence-electron chi connectivity index (χ4n) is 3.32. The lowest BCUT2D eigenvalue weighted by Crippen LogP contribution is -2.59. The topological polar surface area (TPSA) is 15.3 Å². The Labute approximate surface area is 125 Å². The van der Waals surface area contributed by atoms with Crippen LogP contribution in [0.1, 0.15) is 25.7 Å². The van der Waals surface area contributed by atoms with Gasteiger partial charge in [0.1, 0.15) is 0 Å². The molecule has 1 spiro atoms. The van der Waals surface area contributed by atoms with E-state index in [1.54, 1.807) is 0 Å². The average Bonchev–Trinajstić information content (AvgIpc) is 2.77. The van der Waals surface area contributed by atoms with Crippen LogP contribution in [0.25, 0.3) is 0 Å². The van der Waals surface area contributed by atoms with Crippen molar-refractivity contribution in [3.63, 3.8) is 0 Å². The van der Waals surface area contributed by atoms with Crippen LogP contribution in [0.2, 0.25) is 0 Å². The molecule has 0 bridgehead atoms. The first-order valence-corrected chi connectivity index (χ1v) is 8.23. The molecule has 3 rings (SSSR count). The summed E-state index contributed by atoms with van der Waals surface area (Å²) < 4.78 is 2.37. The second kappa shape index (κ2) is 5.14. The first-order chi connectivity index (χ1) is 8.70. The second-order valence-corrected chi connectivity index (χ2v) is 7.11.